The summed E-state index contributed by atoms with van der Waals surface area (Å²) in [5.41, 5.74) is 3.72. The van der Waals surface area contributed by atoms with Crippen LogP contribution in [0.5, 0.6) is 0 Å². The molecule has 36 heavy (non-hydrogen) atoms. The Kier molecular flexibility index (Phi) is 6.66. The van der Waals surface area contributed by atoms with Crippen LogP contribution in [0.3, 0.4) is 0 Å². The first-order valence-electron chi connectivity index (χ1n) is 15.1. The Hall–Kier alpha value is -0.380. The minimum atomic E-state index is 0.249. The van der Waals surface area contributed by atoms with Gasteiger partial charge in [-0.25, -0.2) is 0 Å². The van der Waals surface area contributed by atoms with Gasteiger partial charge < -0.3 is 14.2 Å². The van der Waals surface area contributed by atoms with Crippen molar-refractivity contribution >= 4 is 0 Å². The van der Waals surface area contributed by atoms with Crippen molar-refractivity contribution in [2.24, 2.45) is 50.2 Å². The van der Waals surface area contributed by atoms with E-state index in [9.17, 15) is 0 Å². The number of rotatable bonds is 5. The predicted octanol–water partition coefficient (Wildman–Crippen LogP) is 8.08. The maximum atomic E-state index is 6.07. The van der Waals surface area contributed by atoms with E-state index in [1.165, 1.54) is 64.2 Å². The molecule has 0 amide bonds. The van der Waals surface area contributed by atoms with Crippen LogP contribution in [0.15, 0.2) is 11.6 Å². The number of hydrogen-bond donors (Lipinski definition) is 0. The third kappa shape index (κ3) is 3.53. The molecule has 0 aromatic carbocycles. The fourth-order valence-electron chi connectivity index (χ4n) is 11.7. The van der Waals surface area contributed by atoms with Crippen LogP contribution in [0.2, 0.25) is 0 Å². The van der Waals surface area contributed by atoms with Crippen LogP contribution >= 0.6 is 0 Å². The molecular weight excluding hydrogens is 444 g/mol. The Morgan fingerprint density at radius 3 is 2.14 bits per heavy atom. The summed E-state index contributed by atoms with van der Waals surface area (Å²) in [6.45, 7) is 17.4. The van der Waals surface area contributed by atoms with Crippen LogP contribution in [0, 0.1) is 50.2 Å². The first-order valence-corrected chi connectivity index (χ1v) is 15.1. The molecule has 5 rings (SSSR count). The third-order valence-corrected chi connectivity index (χ3v) is 13.8. The molecule has 0 unspecified atom stereocenters. The van der Waals surface area contributed by atoms with Crippen LogP contribution in [0.4, 0.5) is 0 Å². The van der Waals surface area contributed by atoms with Crippen LogP contribution in [-0.4, -0.2) is 40.6 Å². The Labute approximate surface area is 222 Å². The van der Waals surface area contributed by atoms with Gasteiger partial charge in [0, 0.05) is 26.7 Å². The van der Waals surface area contributed by atoms with E-state index in [1.54, 1.807) is 0 Å². The zero-order valence-electron chi connectivity index (χ0n) is 25.1. The van der Waals surface area contributed by atoms with Gasteiger partial charge >= 0.3 is 0 Å². The molecular formula is C33H56O3. The summed E-state index contributed by atoms with van der Waals surface area (Å²) in [6, 6.07) is 0. The molecule has 0 N–H and O–H groups in total. The topological polar surface area (TPSA) is 27.7 Å². The molecule has 0 spiro atoms. The Morgan fingerprint density at radius 1 is 0.778 bits per heavy atom. The Balaban J connectivity index is 1.55. The zero-order chi connectivity index (χ0) is 26.2. The van der Waals surface area contributed by atoms with Gasteiger partial charge in [0.05, 0.1) is 19.3 Å². The highest BCUT2D eigenvalue weighted by molar-refractivity contribution is 5.34. The van der Waals surface area contributed by atoms with Crippen LogP contribution in [0.1, 0.15) is 106 Å². The summed E-state index contributed by atoms with van der Waals surface area (Å²) in [5.74, 6) is 2.14. The summed E-state index contributed by atoms with van der Waals surface area (Å²) in [5, 5.41) is 0. The van der Waals surface area contributed by atoms with Crippen molar-refractivity contribution in [1.29, 1.82) is 0 Å². The molecule has 5 aliphatic rings. The minimum absolute atomic E-state index is 0.249. The second-order valence-corrected chi connectivity index (χ2v) is 15.7. The van der Waals surface area contributed by atoms with Gasteiger partial charge in [0.25, 0.3) is 0 Å². The van der Waals surface area contributed by atoms with E-state index in [0.717, 1.165) is 25.0 Å². The number of hydrogen-bond acceptors (Lipinski definition) is 3. The SMILES string of the molecule is COC[C@]1(C)CC[C@]2(COC)CC[C@]3(C)C(=CC[C@@H]4[C@@]5(C)CC[C@H](OC)C(C)(C)[C@@H]5CC[C@]43C)[C@@H]2C1. The molecule has 0 radical (unpaired) electrons. The molecule has 0 saturated heterocycles. The minimum Gasteiger partial charge on any atom is -0.384 e. The van der Waals surface area contributed by atoms with E-state index in [0.29, 0.717) is 33.7 Å². The zero-order valence-corrected chi connectivity index (χ0v) is 25.1. The monoisotopic (exact) mass is 500 g/mol. The molecule has 5 aliphatic carbocycles. The fraction of sp³-hybridized carbons (Fsp3) is 0.939. The smallest absolute Gasteiger partial charge is 0.0625 e. The summed E-state index contributed by atoms with van der Waals surface area (Å²) >= 11 is 0. The van der Waals surface area contributed by atoms with Crippen molar-refractivity contribution in [1.82, 2.24) is 0 Å². The first kappa shape index (κ1) is 27.2. The third-order valence-electron chi connectivity index (χ3n) is 13.8. The largest absolute Gasteiger partial charge is 0.384 e. The average Bonchev–Trinajstić information content (AvgIpc) is 2.80. The van der Waals surface area contributed by atoms with Gasteiger partial charge in [0.1, 0.15) is 0 Å². The van der Waals surface area contributed by atoms with E-state index in [2.05, 4.69) is 47.6 Å². The molecule has 3 heteroatoms. The van der Waals surface area contributed by atoms with Crippen LogP contribution in [0.25, 0.3) is 0 Å². The van der Waals surface area contributed by atoms with Gasteiger partial charge in [0.2, 0.25) is 0 Å². The molecule has 0 aromatic heterocycles. The Morgan fingerprint density at radius 2 is 1.47 bits per heavy atom. The lowest BCUT2D eigenvalue weighted by Gasteiger charge is -2.71. The van der Waals surface area contributed by atoms with Crippen molar-refractivity contribution in [2.75, 3.05) is 34.5 Å². The molecule has 9 atom stereocenters. The number of allylic oxidation sites excluding steroid dienone is 2. The van der Waals surface area contributed by atoms with Crippen LogP contribution < -0.4 is 0 Å². The molecule has 4 fully saturated rings. The maximum Gasteiger partial charge on any atom is 0.0625 e. The molecule has 0 aromatic rings. The standard InChI is InChI=1S/C33H56O3/c1-28(2)25-12-15-32(6)26(30(25,4)14-13-27(28)36-9)11-10-23-24-20-29(3,21-34-7)16-18-33(24,22-35-8)19-17-31(23,32)5/h10,24-27H,11-22H2,1-9H3/t24-,25-,26+,27-,29+,30-,31+,32+,33+/m0/s1. The molecule has 0 heterocycles. The molecule has 3 nitrogen and oxygen atoms in total. The highest BCUT2D eigenvalue weighted by atomic mass is 16.5. The lowest BCUT2D eigenvalue weighted by Crippen LogP contribution is -2.65. The molecule has 4 saturated carbocycles. The van der Waals surface area contributed by atoms with E-state index in [-0.39, 0.29) is 10.8 Å². The summed E-state index contributed by atoms with van der Waals surface area (Å²) < 4.78 is 17.8. The van der Waals surface area contributed by atoms with Gasteiger partial charge in [-0.1, -0.05) is 53.2 Å². The summed E-state index contributed by atoms with van der Waals surface area (Å²) in [4.78, 5) is 0. The highest BCUT2D eigenvalue weighted by Crippen LogP contribution is 2.75. The summed E-state index contributed by atoms with van der Waals surface area (Å²) in [7, 11) is 5.75. The summed E-state index contributed by atoms with van der Waals surface area (Å²) in [6.07, 6.45) is 16.2. The van der Waals surface area contributed by atoms with Gasteiger partial charge in [-0.15, -0.1) is 0 Å². The van der Waals surface area contributed by atoms with E-state index >= 15 is 0 Å². The van der Waals surface area contributed by atoms with Gasteiger partial charge in [0.15, 0.2) is 0 Å². The lowest BCUT2D eigenvalue weighted by molar-refractivity contribution is -0.209. The van der Waals surface area contributed by atoms with Gasteiger partial charge in [-0.05, 0) is 109 Å². The predicted molar refractivity (Wildman–Crippen MR) is 148 cm³/mol. The van der Waals surface area contributed by atoms with Gasteiger partial charge in [-0.3, -0.25) is 0 Å². The van der Waals surface area contributed by atoms with E-state index < -0.39 is 0 Å². The Bertz CT molecular complexity index is 878. The van der Waals surface area contributed by atoms with E-state index in [1.807, 2.05) is 26.9 Å². The van der Waals surface area contributed by atoms with Crippen molar-refractivity contribution in [2.45, 2.75) is 112 Å². The number of ether oxygens (including phenoxy) is 3. The van der Waals surface area contributed by atoms with Crippen molar-refractivity contribution in [3.63, 3.8) is 0 Å². The molecule has 0 bridgehead atoms. The van der Waals surface area contributed by atoms with Crippen molar-refractivity contribution in [3.8, 4) is 0 Å². The van der Waals surface area contributed by atoms with E-state index in [4.69, 9.17) is 14.2 Å². The normalized spacial score (nSPS) is 51.9. The van der Waals surface area contributed by atoms with Crippen LogP contribution in [-0.2, 0) is 14.2 Å². The maximum absolute atomic E-state index is 6.07. The average molecular weight is 501 g/mol. The molecule has 206 valence electrons. The quantitative estimate of drug-likeness (QED) is 0.357. The second-order valence-electron chi connectivity index (χ2n) is 15.7. The number of methoxy groups -OCH3 is 3. The fourth-order valence-corrected chi connectivity index (χ4v) is 11.7. The van der Waals surface area contributed by atoms with Crippen molar-refractivity contribution < 1.29 is 14.2 Å². The molecule has 0 aliphatic heterocycles. The highest BCUT2D eigenvalue weighted by Gasteiger charge is 2.68. The number of fused-ring (bicyclic) bond motifs is 7. The lowest BCUT2D eigenvalue weighted by atomic mass is 9.33. The first-order chi connectivity index (χ1) is 16.9. The van der Waals surface area contributed by atoms with Gasteiger partial charge in [-0.2, -0.15) is 0 Å². The second kappa shape index (κ2) is 8.82. The van der Waals surface area contributed by atoms with Crippen molar-refractivity contribution in [3.05, 3.63) is 11.6 Å².